The largest absolute Gasteiger partial charge is 0.326 e. The van der Waals surface area contributed by atoms with Gasteiger partial charge in [0, 0.05) is 31.7 Å². The summed E-state index contributed by atoms with van der Waals surface area (Å²) >= 11 is 0. The van der Waals surface area contributed by atoms with Gasteiger partial charge in [-0.1, -0.05) is 24.3 Å². The van der Waals surface area contributed by atoms with E-state index in [1.807, 2.05) is 13.1 Å². The monoisotopic (exact) mass is 363 g/mol. The summed E-state index contributed by atoms with van der Waals surface area (Å²) in [6.45, 7) is 1.69. The van der Waals surface area contributed by atoms with Crippen molar-refractivity contribution in [3.05, 3.63) is 64.5 Å². The number of fused-ring (bicyclic) bond motifs is 1. The number of hydrogen-bond acceptors (Lipinski definition) is 4. The average molecular weight is 363 g/mol. The van der Waals surface area contributed by atoms with Gasteiger partial charge in [0.1, 0.15) is 5.82 Å². The van der Waals surface area contributed by atoms with Crippen LogP contribution in [0.15, 0.2) is 41.3 Å². The summed E-state index contributed by atoms with van der Waals surface area (Å²) in [6.07, 6.45) is 0.683. The molecule has 0 amide bonds. The maximum absolute atomic E-state index is 14.0. The Morgan fingerprint density at radius 1 is 1.28 bits per heavy atom. The van der Waals surface area contributed by atoms with Crippen LogP contribution in [0, 0.1) is 5.82 Å². The molecule has 0 aliphatic carbocycles. The van der Waals surface area contributed by atoms with E-state index in [4.69, 9.17) is 5.73 Å². The molecular formula is C18H22FN3O2S. The molecule has 2 aromatic carbocycles. The fourth-order valence-electron chi connectivity index (χ4n) is 3.08. The molecule has 0 spiro atoms. The number of nitrogens with two attached hydrogens (primary N) is 1. The number of halogens is 1. The van der Waals surface area contributed by atoms with Crippen LogP contribution in [0.5, 0.6) is 0 Å². The maximum Gasteiger partial charge on any atom is 0.241 e. The van der Waals surface area contributed by atoms with E-state index in [2.05, 4.69) is 9.62 Å². The van der Waals surface area contributed by atoms with Gasteiger partial charge >= 0.3 is 0 Å². The fraction of sp³-hybridized carbons (Fsp3) is 0.333. The van der Waals surface area contributed by atoms with E-state index in [1.54, 1.807) is 24.3 Å². The highest BCUT2D eigenvalue weighted by molar-refractivity contribution is 7.89. The van der Waals surface area contributed by atoms with Crippen molar-refractivity contribution >= 4 is 10.0 Å². The molecule has 1 aliphatic rings. The molecular weight excluding hydrogens is 341 g/mol. The Hall–Kier alpha value is -1.80. The van der Waals surface area contributed by atoms with E-state index in [0.717, 1.165) is 24.2 Å². The lowest BCUT2D eigenvalue weighted by atomic mass is 10.0. The van der Waals surface area contributed by atoms with Crippen molar-refractivity contribution in [3.63, 3.8) is 0 Å². The molecule has 0 saturated heterocycles. The SMILES string of the molecule is CN1CCc2c(cccc2S(=O)(=O)NCc2ccc(CN)cc2F)C1. The number of nitrogens with zero attached hydrogens (tertiary/aromatic N) is 1. The Labute approximate surface area is 147 Å². The third kappa shape index (κ3) is 3.90. The van der Waals surface area contributed by atoms with Crippen molar-refractivity contribution in [1.29, 1.82) is 0 Å². The van der Waals surface area contributed by atoms with Crippen LogP contribution < -0.4 is 10.5 Å². The topological polar surface area (TPSA) is 75.4 Å². The zero-order chi connectivity index (χ0) is 18.0. The minimum atomic E-state index is -3.71. The van der Waals surface area contributed by atoms with Crippen LogP contribution in [0.25, 0.3) is 0 Å². The van der Waals surface area contributed by atoms with Crippen molar-refractivity contribution in [2.45, 2.75) is 31.0 Å². The van der Waals surface area contributed by atoms with E-state index in [-0.39, 0.29) is 18.0 Å². The first-order valence-electron chi connectivity index (χ1n) is 8.17. The minimum absolute atomic E-state index is 0.0947. The summed E-state index contributed by atoms with van der Waals surface area (Å²) in [5, 5.41) is 0. The molecule has 25 heavy (non-hydrogen) atoms. The first kappa shape index (κ1) is 18.0. The molecule has 0 bridgehead atoms. The molecule has 5 nitrogen and oxygen atoms in total. The van der Waals surface area contributed by atoms with Crippen LogP contribution in [0.1, 0.15) is 22.3 Å². The normalized spacial score (nSPS) is 15.2. The smallest absolute Gasteiger partial charge is 0.241 e. The Morgan fingerprint density at radius 2 is 2.08 bits per heavy atom. The first-order valence-corrected chi connectivity index (χ1v) is 9.65. The summed E-state index contributed by atoms with van der Waals surface area (Å²) in [5.74, 6) is -0.456. The highest BCUT2D eigenvalue weighted by Gasteiger charge is 2.23. The third-order valence-corrected chi connectivity index (χ3v) is 6.00. The summed E-state index contributed by atoms with van der Waals surface area (Å²) in [4.78, 5) is 2.44. The van der Waals surface area contributed by atoms with Crippen LogP contribution in [0.3, 0.4) is 0 Å². The first-order chi connectivity index (χ1) is 11.9. The number of likely N-dealkylation sites (N-methyl/N-ethyl adjacent to an activating group) is 1. The number of sulfonamides is 1. The van der Waals surface area contributed by atoms with Gasteiger partial charge in [0.15, 0.2) is 0 Å². The van der Waals surface area contributed by atoms with Crippen molar-refractivity contribution in [3.8, 4) is 0 Å². The van der Waals surface area contributed by atoms with Gasteiger partial charge < -0.3 is 10.6 Å². The van der Waals surface area contributed by atoms with Gasteiger partial charge in [-0.15, -0.1) is 0 Å². The van der Waals surface area contributed by atoms with Crippen LogP contribution in [0.4, 0.5) is 4.39 Å². The second-order valence-electron chi connectivity index (χ2n) is 6.34. The van der Waals surface area contributed by atoms with Crippen molar-refractivity contribution < 1.29 is 12.8 Å². The second kappa shape index (κ2) is 7.21. The van der Waals surface area contributed by atoms with Crippen LogP contribution in [-0.2, 0) is 36.1 Å². The molecule has 2 aromatic rings. The van der Waals surface area contributed by atoms with Crippen molar-refractivity contribution in [2.75, 3.05) is 13.6 Å². The second-order valence-corrected chi connectivity index (χ2v) is 8.07. The molecule has 0 fully saturated rings. The Bertz CT molecular complexity index is 884. The highest BCUT2D eigenvalue weighted by Crippen LogP contribution is 2.25. The summed E-state index contributed by atoms with van der Waals surface area (Å²) in [6, 6.07) is 9.92. The van der Waals surface area contributed by atoms with E-state index in [0.29, 0.717) is 17.5 Å². The van der Waals surface area contributed by atoms with E-state index in [9.17, 15) is 12.8 Å². The van der Waals surface area contributed by atoms with Crippen molar-refractivity contribution in [2.24, 2.45) is 5.73 Å². The molecule has 3 rings (SSSR count). The van der Waals surface area contributed by atoms with Gasteiger partial charge in [-0.2, -0.15) is 0 Å². The summed E-state index contributed by atoms with van der Waals surface area (Å²) < 4.78 is 42.0. The molecule has 134 valence electrons. The Kier molecular flexibility index (Phi) is 5.19. The average Bonchev–Trinajstić information content (AvgIpc) is 2.59. The van der Waals surface area contributed by atoms with Gasteiger partial charge in [-0.3, -0.25) is 0 Å². The molecule has 0 radical (unpaired) electrons. The Balaban J connectivity index is 1.82. The number of benzene rings is 2. The van der Waals surface area contributed by atoms with Crippen LogP contribution in [-0.4, -0.2) is 26.9 Å². The molecule has 7 heteroatoms. The van der Waals surface area contributed by atoms with Gasteiger partial charge in [-0.25, -0.2) is 17.5 Å². The maximum atomic E-state index is 14.0. The number of rotatable bonds is 5. The molecule has 1 heterocycles. The molecule has 0 aromatic heterocycles. The zero-order valence-electron chi connectivity index (χ0n) is 14.1. The summed E-state index contributed by atoms with van der Waals surface area (Å²) in [5.41, 5.74) is 8.33. The molecule has 3 N–H and O–H groups in total. The quantitative estimate of drug-likeness (QED) is 0.849. The molecule has 0 unspecified atom stereocenters. The lowest BCUT2D eigenvalue weighted by Gasteiger charge is -2.26. The van der Waals surface area contributed by atoms with Crippen LogP contribution >= 0.6 is 0 Å². The standard InChI is InChI=1S/C18H22FN3O2S/c1-22-8-7-16-15(12-22)3-2-4-18(16)25(23,24)21-11-14-6-5-13(10-20)9-17(14)19/h2-6,9,21H,7-8,10-12,20H2,1H3. The van der Waals surface area contributed by atoms with Gasteiger partial charge in [0.05, 0.1) is 4.90 Å². The third-order valence-electron chi connectivity index (χ3n) is 4.51. The van der Waals surface area contributed by atoms with E-state index in [1.165, 1.54) is 6.07 Å². The zero-order valence-corrected chi connectivity index (χ0v) is 14.9. The fourth-order valence-corrected chi connectivity index (χ4v) is 4.40. The van der Waals surface area contributed by atoms with Gasteiger partial charge in [0.2, 0.25) is 10.0 Å². The number of hydrogen-bond donors (Lipinski definition) is 2. The van der Waals surface area contributed by atoms with Gasteiger partial charge in [0.25, 0.3) is 0 Å². The predicted octanol–water partition coefficient (Wildman–Crippen LogP) is 1.75. The van der Waals surface area contributed by atoms with Gasteiger partial charge in [-0.05, 0) is 42.3 Å². The van der Waals surface area contributed by atoms with Crippen molar-refractivity contribution in [1.82, 2.24) is 9.62 Å². The lowest BCUT2D eigenvalue weighted by Crippen LogP contribution is -2.30. The Morgan fingerprint density at radius 3 is 2.80 bits per heavy atom. The number of nitrogens with one attached hydrogen (secondary N) is 1. The molecule has 0 atom stereocenters. The van der Waals surface area contributed by atoms with E-state index >= 15 is 0 Å². The predicted molar refractivity (Wildman–Crippen MR) is 94.8 cm³/mol. The highest BCUT2D eigenvalue weighted by atomic mass is 32.2. The minimum Gasteiger partial charge on any atom is -0.326 e. The lowest BCUT2D eigenvalue weighted by molar-refractivity contribution is 0.311. The molecule has 1 aliphatic heterocycles. The van der Waals surface area contributed by atoms with E-state index < -0.39 is 15.8 Å². The summed E-state index contributed by atoms with van der Waals surface area (Å²) in [7, 11) is -1.70. The molecule has 0 saturated carbocycles. The van der Waals surface area contributed by atoms with Crippen LogP contribution in [0.2, 0.25) is 0 Å².